The van der Waals surface area contributed by atoms with Crippen LogP contribution in [0.1, 0.15) is 11.7 Å². The molecule has 1 aromatic rings. The molecule has 2 heterocycles. The molecule has 0 radical (unpaired) electrons. The van der Waals surface area contributed by atoms with Gasteiger partial charge in [-0.1, -0.05) is 6.07 Å². The van der Waals surface area contributed by atoms with Gasteiger partial charge in [0.1, 0.15) is 11.3 Å². The van der Waals surface area contributed by atoms with Crippen molar-refractivity contribution in [3.05, 3.63) is 28.5 Å². The Bertz CT molecular complexity index is 351. The second-order valence-electron chi connectivity index (χ2n) is 3.84. The van der Waals surface area contributed by atoms with E-state index < -0.39 is 0 Å². The third kappa shape index (κ3) is 4.63. The highest BCUT2D eigenvalue weighted by Crippen LogP contribution is 2.21. The number of halogens is 4. The van der Waals surface area contributed by atoms with Gasteiger partial charge >= 0.3 is 0 Å². The normalized spacial score (nSPS) is 17.4. The molecule has 1 atom stereocenters. The van der Waals surface area contributed by atoms with Gasteiger partial charge in [-0.05, 0) is 28.1 Å². The SMILES string of the molecule is Cl.Cl.FC[C@@H](c1cccc(Br)n1)N1CCNCC1. The monoisotopic (exact) mass is 359 g/mol. The summed E-state index contributed by atoms with van der Waals surface area (Å²) in [6, 6.07) is 5.44. The first-order valence-corrected chi connectivity index (χ1v) is 6.24. The van der Waals surface area contributed by atoms with E-state index in [0.29, 0.717) is 0 Å². The standard InChI is InChI=1S/C11H15BrFN3.2ClH/c12-11-3-1-2-9(15-11)10(8-13)16-6-4-14-5-7-16;;/h1-3,10,14H,4-8H2;2*1H/t10-;;/m0../s1. The van der Waals surface area contributed by atoms with Crippen LogP contribution in [0.4, 0.5) is 4.39 Å². The molecule has 0 bridgehead atoms. The second kappa shape index (κ2) is 9.04. The van der Waals surface area contributed by atoms with Gasteiger partial charge in [0.15, 0.2) is 0 Å². The molecule has 0 unspecified atom stereocenters. The van der Waals surface area contributed by atoms with Crippen LogP contribution in [-0.4, -0.2) is 42.7 Å². The molecule has 1 fully saturated rings. The molecular weight excluding hydrogens is 344 g/mol. The van der Waals surface area contributed by atoms with E-state index in [4.69, 9.17) is 0 Å². The Morgan fingerprint density at radius 1 is 1.33 bits per heavy atom. The van der Waals surface area contributed by atoms with Crippen LogP contribution in [0.25, 0.3) is 0 Å². The molecule has 0 aromatic carbocycles. The molecule has 104 valence electrons. The van der Waals surface area contributed by atoms with Crippen molar-refractivity contribution in [2.24, 2.45) is 0 Å². The van der Waals surface area contributed by atoms with Gasteiger partial charge in [-0.15, -0.1) is 24.8 Å². The lowest BCUT2D eigenvalue weighted by molar-refractivity contribution is 0.144. The molecule has 0 saturated carbocycles. The van der Waals surface area contributed by atoms with Gasteiger partial charge < -0.3 is 5.32 Å². The van der Waals surface area contributed by atoms with Crippen molar-refractivity contribution in [2.75, 3.05) is 32.9 Å². The molecule has 2 rings (SSSR count). The lowest BCUT2D eigenvalue weighted by Crippen LogP contribution is -2.45. The fraction of sp³-hybridized carbons (Fsp3) is 0.545. The van der Waals surface area contributed by atoms with E-state index in [0.717, 1.165) is 36.5 Å². The van der Waals surface area contributed by atoms with Crippen molar-refractivity contribution in [1.29, 1.82) is 0 Å². The Labute approximate surface area is 127 Å². The number of pyridine rings is 1. The number of hydrogen-bond acceptors (Lipinski definition) is 3. The lowest BCUT2D eigenvalue weighted by atomic mass is 10.1. The Kier molecular flexibility index (Phi) is 9.07. The molecule has 7 heteroatoms. The first-order chi connectivity index (χ1) is 7.81. The molecule has 1 aliphatic rings. The highest BCUT2D eigenvalue weighted by molar-refractivity contribution is 9.10. The number of nitrogens with zero attached hydrogens (tertiary/aromatic N) is 2. The van der Waals surface area contributed by atoms with Gasteiger partial charge in [0.2, 0.25) is 0 Å². The maximum atomic E-state index is 13.1. The molecule has 3 nitrogen and oxygen atoms in total. The molecule has 1 aromatic heterocycles. The predicted octanol–water partition coefficient (Wildman–Crippen LogP) is 2.60. The zero-order valence-electron chi connectivity index (χ0n) is 9.81. The average molecular weight is 361 g/mol. The quantitative estimate of drug-likeness (QED) is 0.840. The summed E-state index contributed by atoms with van der Waals surface area (Å²) in [4.78, 5) is 6.48. The van der Waals surface area contributed by atoms with Crippen LogP contribution in [0.2, 0.25) is 0 Å². The molecule has 18 heavy (non-hydrogen) atoms. The molecule has 1 saturated heterocycles. The van der Waals surface area contributed by atoms with E-state index in [1.807, 2.05) is 18.2 Å². The van der Waals surface area contributed by atoms with Crippen molar-refractivity contribution < 1.29 is 4.39 Å². The van der Waals surface area contributed by atoms with Crippen molar-refractivity contribution in [3.8, 4) is 0 Å². The topological polar surface area (TPSA) is 28.2 Å². The molecule has 1 N–H and O–H groups in total. The summed E-state index contributed by atoms with van der Waals surface area (Å²) in [5.74, 6) is 0. The van der Waals surface area contributed by atoms with Crippen LogP contribution in [0.3, 0.4) is 0 Å². The van der Waals surface area contributed by atoms with E-state index in [-0.39, 0.29) is 37.5 Å². The summed E-state index contributed by atoms with van der Waals surface area (Å²) in [6.07, 6.45) is 0. The zero-order chi connectivity index (χ0) is 11.4. The van der Waals surface area contributed by atoms with Crippen LogP contribution in [0, 0.1) is 0 Å². The second-order valence-corrected chi connectivity index (χ2v) is 4.65. The molecule has 0 amide bonds. The van der Waals surface area contributed by atoms with Gasteiger partial charge in [0.05, 0.1) is 11.7 Å². The van der Waals surface area contributed by atoms with Gasteiger partial charge in [-0.3, -0.25) is 4.90 Å². The predicted molar refractivity (Wildman–Crippen MR) is 79.6 cm³/mol. The fourth-order valence-electron chi connectivity index (χ4n) is 1.97. The van der Waals surface area contributed by atoms with Crippen molar-refractivity contribution in [1.82, 2.24) is 15.2 Å². The minimum Gasteiger partial charge on any atom is -0.314 e. The Hall–Kier alpha value is 0.0600. The third-order valence-electron chi connectivity index (χ3n) is 2.82. The Morgan fingerprint density at radius 3 is 2.56 bits per heavy atom. The van der Waals surface area contributed by atoms with E-state index in [1.54, 1.807) is 0 Å². The smallest absolute Gasteiger partial charge is 0.111 e. The summed E-state index contributed by atoms with van der Waals surface area (Å²) < 4.78 is 13.9. The van der Waals surface area contributed by atoms with Crippen LogP contribution in [0.5, 0.6) is 0 Å². The number of rotatable bonds is 3. The summed E-state index contributed by atoms with van der Waals surface area (Å²) in [7, 11) is 0. The van der Waals surface area contributed by atoms with E-state index in [1.165, 1.54) is 0 Å². The average Bonchev–Trinajstić information content (AvgIpc) is 2.31. The van der Waals surface area contributed by atoms with Crippen LogP contribution >= 0.6 is 40.7 Å². The molecule has 0 spiro atoms. The maximum Gasteiger partial charge on any atom is 0.111 e. The maximum absolute atomic E-state index is 13.1. The van der Waals surface area contributed by atoms with E-state index in [9.17, 15) is 4.39 Å². The Morgan fingerprint density at radius 2 is 2.00 bits per heavy atom. The van der Waals surface area contributed by atoms with Gasteiger partial charge in [-0.25, -0.2) is 9.37 Å². The lowest BCUT2D eigenvalue weighted by Gasteiger charge is -2.33. The van der Waals surface area contributed by atoms with Crippen molar-refractivity contribution in [3.63, 3.8) is 0 Å². The number of piperazine rings is 1. The number of aromatic nitrogens is 1. The number of alkyl halides is 1. The van der Waals surface area contributed by atoms with Crippen LogP contribution < -0.4 is 5.32 Å². The molecule has 0 aliphatic carbocycles. The highest BCUT2D eigenvalue weighted by atomic mass is 79.9. The molecule has 1 aliphatic heterocycles. The Balaban J connectivity index is 0.00000144. The number of nitrogens with one attached hydrogen (secondary N) is 1. The summed E-state index contributed by atoms with van der Waals surface area (Å²) in [5, 5.41) is 3.26. The van der Waals surface area contributed by atoms with Crippen molar-refractivity contribution >= 4 is 40.7 Å². The van der Waals surface area contributed by atoms with Crippen LogP contribution in [-0.2, 0) is 0 Å². The third-order valence-corrected chi connectivity index (χ3v) is 3.26. The van der Waals surface area contributed by atoms with E-state index >= 15 is 0 Å². The van der Waals surface area contributed by atoms with Crippen molar-refractivity contribution in [2.45, 2.75) is 6.04 Å². The number of hydrogen-bond donors (Lipinski definition) is 1. The van der Waals surface area contributed by atoms with Gasteiger partial charge in [-0.2, -0.15) is 0 Å². The minimum absolute atomic E-state index is 0. The summed E-state index contributed by atoms with van der Waals surface area (Å²) in [5.41, 5.74) is 0.804. The largest absolute Gasteiger partial charge is 0.314 e. The minimum atomic E-state index is -0.385. The van der Waals surface area contributed by atoms with E-state index in [2.05, 4.69) is 31.1 Å². The first kappa shape index (κ1) is 18.1. The summed E-state index contributed by atoms with van der Waals surface area (Å²) >= 11 is 3.32. The fourth-order valence-corrected chi connectivity index (χ4v) is 2.32. The zero-order valence-corrected chi connectivity index (χ0v) is 13.0. The molecular formula is C11H17BrCl2FN3. The van der Waals surface area contributed by atoms with Gasteiger partial charge in [0.25, 0.3) is 0 Å². The van der Waals surface area contributed by atoms with Crippen LogP contribution in [0.15, 0.2) is 22.8 Å². The summed E-state index contributed by atoms with van der Waals surface area (Å²) in [6.45, 7) is 3.21. The highest BCUT2D eigenvalue weighted by Gasteiger charge is 2.23. The van der Waals surface area contributed by atoms with Gasteiger partial charge in [0, 0.05) is 26.2 Å². The first-order valence-electron chi connectivity index (χ1n) is 5.44.